The highest BCUT2D eigenvalue weighted by molar-refractivity contribution is 7.98. The predicted molar refractivity (Wildman–Crippen MR) is 108 cm³/mol. The molecule has 138 valence electrons. The van der Waals surface area contributed by atoms with E-state index >= 15 is 0 Å². The van der Waals surface area contributed by atoms with Crippen LogP contribution in [0.5, 0.6) is 0 Å². The number of aryl methyl sites for hydroxylation is 2. The van der Waals surface area contributed by atoms with Crippen LogP contribution < -0.4 is 10.6 Å². The monoisotopic (exact) mass is 380 g/mol. The second kappa shape index (κ2) is 8.13. The van der Waals surface area contributed by atoms with E-state index in [1.807, 2.05) is 38.3 Å². The maximum atomic E-state index is 12.0. The standard InChI is InChI=1S/C19H20N6OS/c1-11-15(6-5-7-20-11)24-16-8-17(21-10-14(16)12(2)26)25-18-9-19(27-4)23-13(3)22-18/h5-10H,1-4H3,(H2,21,22,23,24,25). The summed E-state index contributed by atoms with van der Waals surface area (Å²) in [6.07, 6.45) is 5.25. The molecule has 8 heteroatoms. The minimum Gasteiger partial charge on any atom is -0.353 e. The first kappa shape index (κ1) is 18.8. The number of hydrogen-bond acceptors (Lipinski definition) is 8. The quantitative estimate of drug-likeness (QED) is 0.371. The van der Waals surface area contributed by atoms with E-state index in [9.17, 15) is 4.79 Å². The molecule has 0 saturated carbocycles. The van der Waals surface area contributed by atoms with Crippen LogP contribution in [0.25, 0.3) is 0 Å². The molecule has 0 spiro atoms. The average molecular weight is 380 g/mol. The van der Waals surface area contributed by atoms with Crippen molar-refractivity contribution in [2.24, 2.45) is 0 Å². The number of nitrogens with one attached hydrogen (secondary N) is 2. The van der Waals surface area contributed by atoms with Gasteiger partial charge in [-0.05, 0) is 39.2 Å². The van der Waals surface area contributed by atoms with E-state index in [0.29, 0.717) is 28.7 Å². The van der Waals surface area contributed by atoms with Gasteiger partial charge < -0.3 is 10.6 Å². The van der Waals surface area contributed by atoms with Gasteiger partial charge in [0.25, 0.3) is 0 Å². The number of Topliss-reactive ketones (excluding diaryl/α,β-unsaturated/α-hetero) is 1. The fourth-order valence-electron chi connectivity index (χ4n) is 2.51. The zero-order valence-electron chi connectivity index (χ0n) is 15.6. The largest absolute Gasteiger partial charge is 0.353 e. The normalized spacial score (nSPS) is 10.5. The topological polar surface area (TPSA) is 92.7 Å². The Balaban J connectivity index is 1.95. The molecular formula is C19H20N6OS. The Labute approximate surface area is 162 Å². The van der Waals surface area contributed by atoms with E-state index in [1.54, 1.807) is 30.2 Å². The number of nitrogens with zero attached hydrogens (tertiary/aromatic N) is 4. The van der Waals surface area contributed by atoms with Gasteiger partial charge in [0, 0.05) is 24.5 Å². The first-order valence-electron chi connectivity index (χ1n) is 8.32. The highest BCUT2D eigenvalue weighted by Gasteiger charge is 2.12. The van der Waals surface area contributed by atoms with E-state index < -0.39 is 0 Å². The predicted octanol–water partition coefficient (Wildman–Crippen LogP) is 4.30. The summed E-state index contributed by atoms with van der Waals surface area (Å²) < 4.78 is 0. The summed E-state index contributed by atoms with van der Waals surface area (Å²) in [5.41, 5.74) is 2.84. The van der Waals surface area contributed by atoms with Crippen molar-refractivity contribution < 1.29 is 4.79 Å². The van der Waals surface area contributed by atoms with Gasteiger partial charge >= 0.3 is 0 Å². The van der Waals surface area contributed by atoms with Crippen molar-refractivity contribution in [1.82, 2.24) is 19.9 Å². The molecule has 0 aliphatic carbocycles. The van der Waals surface area contributed by atoms with E-state index in [4.69, 9.17) is 0 Å². The van der Waals surface area contributed by atoms with Crippen molar-refractivity contribution in [3.8, 4) is 0 Å². The van der Waals surface area contributed by atoms with Crippen LogP contribution in [0.3, 0.4) is 0 Å². The number of anilines is 4. The van der Waals surface area contributed by atoms with Crippen LogP contribution in [0.15, 0.2) is 41.7 Å². The Morgan fingerprint density at radius 1 is 1.04 bits per heavy atom. The third-order valence-corrected chi connectivity index (χ3v) is 4.47. The minimum absolute atomic E-state index is 0.0688. The molecule has 0 saturated heterocycles. The summed E-state index contributed by atoms with van der Waals surface area (Å²) in [7, 11) is 0. The van der Waals surface area contributed by atoms with E-state index in [2.05, 4.69) is 30.6 Å². The van der Waals surface area contributed by atoms with Crippen LogP contribution in [-0.4, -0.2) is 32.0 Å². The van der Waals surface area contributed by atoms with Crippen LogP contribution in [0.4, 0.5) is 23.0 Å². The van der Waals surface area contributed by atoms with Crippen molar-refractivity contribution in [1.29, 1.82) is 0 Å². The molecule has 0 unspecified atom stereocenters. The first-order valence-corrected chi connectivity index (χ1v) is 9.55. The van der Waals surface area contributed by atoms with Gasteiger partial charge in [0.05, 0.1) is 22.6 Å². The van der Waals surface area contributed by atoms with Gasteiger partial charge in [-0.2, -0.15) is 0 Å². The number of carbonyl (C=O) groups excluding carboxylic acids is 1. The molecule has 0 aliphatic heterocycles. The van der Waals surface area contributed by atoms with Crippen molar-refractivity contribution in [3.63, 3.8) is 0 Å². The Morgan fingerprint density at radius 2 is 1.85 bits per heavy atom. The maximum absolute atomic E-state index is 12.0. The number of rotatable bonds is 6. The molecule has 0 atom stereocenters. The molecule has 2 N–H and O–H groups in total. The summed E-state index contributed by atoms with van der Waals surface area (Å²) in [4.78, 5) is 29.4. The molecule has 0 fully saturated rings. The highest BCUT2D eigenvalue weighted by atomic mass is 32.2. The lowest BCUT2D eigenvalue weighted by molar-refractivity contribution is 0.101. The molecule has 3 aromatic rings. The van der Waals surface area contributed by atoms with Gasteiger partial charge in [-0.25, -0.2) is 15.0 Å². The molecule has 3 heterocycles. The molecule has 3 rings (SSSR count). The van der Waals surface area contributed by atoms with Crippen molar-refractivity contribution in [3.05, 3.63) is 53.7 Å². The first-order chi connectivity index (χ1) is 13.0. The van der Waals surface area contributed by atoms with Crippen molar-refractivity contribution in [2.75, 3.05) is 16.9 Å². The molecule has 27 heavy (non-hydrogen) atoms. The Bertz CT molecular complexity index is 992. The molecule has 7 nitrogen and oxygen atoms in total. The fraction of sp³-hybridized carbons (Fsp3) is 0.211. The van der Waals surface area contributed by atoms with Crippen LogP contribution in [0.1, 0.15) is 28.8 Å². The van der Waals surface area contributed by atoms with Gasteiger partial charge in [-0.3, -0.25) is 9.78 Å². The fourth-order valence-corrected chi connectivity index (χ4v) is 2.96. The number of aromatic nitrogens is 4. The summed E-state index contributed by atoms with van der Waals surface area (Å²) in [5.74, 6) is 1.84. The molecule has 0 amide bonds. The van der Waals surface area contributed by atoms with Crippen LogP contribution >= 0.6 is 11.8 Å². The molecule has 0 radical (unpaired) electrons. The van der Waals surface area contributed by atoms with Crippen molar-refractivity contribution in [2.45, 2.75) is 25.8 Å². The van der Waals surface area contributed by atoms with Crippen LogP contribution in [-0.2, 0) is 0 Å². The zero-order chi connectivity index (χ0) is 19.4. The summed E-state index contributed by atoms with van der Waals surface area (Å²) in [5, 5.41) is 7.34. The van der Waals surface area contributed by atoms with Crippen LogP contribution in [0, 0.1) is 13.8 Å². The number of thioether (sulfide) groups is 1. The summed E-state index contributed by atoms with van der Waals surface area (Å²) in [6.45, 7) is 5.27. The molecule has 3 aromatic heterocycles. The maximum Gasteiger partial charge on any atom is 0.163 e. The third-order valence-electron chi connectivity index (χ3n) is 3.84. The third kappa shape index (κ3) is 4.59. The lowest BCUT2D eigenvalue weighted by Crippen LogP contribution is -2.05. The Kier molecular flexibility index (Phi) is 5.66. The number of ketones is 1. The van der Waals surface area contributed by atoms with E-state index in [-0.39, 0.29) is 5.78 Å². The van der Waals surface area contributed by atoms with Gasteiger partial charge in [0.2, 0.25) is 0 Å². The van der Waals surface area contributed by atoms with Gasteiger partial charge in [0.1, 0.15) is 22.5 Å². The summed E-state index contributed by atoms with van der Waals surface area (Å²) >= 11 is 1.55. The van der Waals surface area contributed by atoms with E-state index in [0.717, 1.165) is 16.4 Å². The lowest BCUT2D eigenvalue weighted by atomic mass is 10.1. The number of pyridine rings is 2. The SMILES string of the molecule is CSc1cc(Nc2cc(Nc3cccnc3C)c(C(C)=O)cn2)nc(C)n1. The minimum atomic E-state index is -0.0688. The molecule has 0 aliphatic rings. The van der Waals surface area contributed by atoms with Gasteiger partial charge in [0.15, 0.2) is 5.78 Å². The summed E-state index contributed by atoms with van der Waals surface area (Å²) in [6, 6.07) is 7.41. The van der Waals surface area contributed by atoms with Gasteiger partial charge in [-0.1, -0.05) is 0 Å². The second-order valence-electron chi connectivity index (χ2n) is 5.90. The lowest BCUT2D eigenvalue weighted by Gasteiger charge is -2.14. The second-order valence-corrected chi connectivity index (χ2v) is 6.73. The highest BCUT2D eigenvalue weighted by Crippen LogP contribution is 2.26. The molecule has 0 aromatic carbocycles. The zero-order valence-corrected chi connectivity index (χ0v) is 16.4. The molecule has 0 bridgehead atoms. The Hall–Kier alpha value is -3.00. The smallest absolute Gasteiger partial charge is 0.163 e. The average Bonchev–Trinajstić information content (AvgIpc) is 2.63. The Morgan fingerprint density at radius 3 is 2.56 bits per heavy atom. The van der Waals surface area contributed by atoms with Crippen molar-refractivity contribution >= 4 is 40.6 Å². The number of hydrogen-bond donors (Lipinski definition) is 2. The van der Waals surface area contributed by atoms with Gasteiger partial charge in [-0.15, -0.1) is 11.8 Å². The number of carbonyl (C=O) groups is 1. The van der Waals surface area contributed by atoms with Crippen LogP contribution in [0.2, 0.25) is 0 Å². The molecular weight excluding hydrogens is 360 g/mol. The van der Waals surface area contributed by atoms with E-state index in [1.165, 1.54) is 6.92 Å².